The highest BCUT2D eigenvalue weighted by Gasteiger charge is 2.30. The summed E-state index contributed by atoms with van der Waals surface area (Å²) >= 11 is 0. The number of nitrogens with one attached hydrogen (secondary N) is 2. The van der Waals surface area contributed by atoms with Crippen LogP contribution < -0.4 is 15.5 Å². The molecule has 0 radical (unpaired) electrons. The number of pyridine rings is 1. The first-order chi connectivity index (χ1) is 17.2. The van der Waals surface area contributed by atoms with Gasteiger partial charge in [0.1, 0.15) is 11.9 Å². The molecular formula is C28H35N7O. The van der Waals surface area contributed by atoms with Crippen LogP contribution in [0.2, 0.25) is 0 Å². The van der Waals surface area contributed by atoms with Crippen molar-refractivity contribution in [3.63, 3.8) is 0 Å². The first-order valence-corrected chi connectivity index (χ1v) is 12.5. The van der Waals surface area contributed by atoms with E-state index < -0.39 is 0 Å². The molecule has 2 aromatic heterocycles. The van der Waals surface area contributed by atoms with Crippen LogP contribution in [0.15, 0.2) is 55.0 Å². The average molecular weight is 486 g/mol. The minimum Gasteiger partial charge on any atom is -0.367 e. The summed E-state index contributed by atoms with van der Waals surface area (Å²) in [7, 11) is 1.90. The fourth-order valence-corrected chi connectivity index (χ4v) is 4.54. The van der Waals surface area contributed by atoms with Crippen LogP contribution in [0.4, 0.5) is 16.3 Å². The third-order valence-corrected chi connectivity index (χ3v) is 6.48. The third kappa shape index (κ3) is 6.42. The molecule has 0 unspecified atom stereocenters. The highest BCUT2D eigenvalue weighted by atomic mass is 16.2. The number of carbonyl (C=O) groups is 1. The highest BCUT2D eigenvalue weighted by Crippen LogP contribution is 2.31. The Morgan fingerprint density at radius 2 is 1.81 bits per heavy atom. The van der Waals surface area contributed by atoms with E-state index >= 15 is 0 Å². The van der Waals surface area contributed by atoms with Gasteiger partial charge in [-0.2, -0.15) is 10.4 Å². The van der Waals surface area contributed by atoms with Crippen molar-refractivity contribution in [2.45, 2.75) is 58.5 Å². The molecule has 1 aromatic carbocycles. The highest BCUT2D eigenvalue weighted by molar-refractivity contribution is 5.93. The van der Waals surface area contributed by atoms with Crippen molar-refractivity contribution < 1.29 is 4.79 Å². The van der Waals surface area contributed by atoms with E-state index in [1.54, 1.807) is 16.9 Å². The summed E-state index contributed by atoms with van der Waals surface area (Å²) in [6, 6.07) is 14.2. The molecule has 1 fully saturated rings. The van der Waals surface area contributed by atoms with E-state index in [-0.39, 0.29) is 23.5 Å². The van der Waals surface area contributed by atoms with Crippen molar-refractivity contribution in [2.24, 2.45) is 12.5 Å². The molecule has 2 heterocycles. The summed E-state index contributed by atoms with van der Waals surface area (Å²) in [5.74, 6) is 0.781. The number of urea groups is 1. The molecule has 36 heavy (non-hydrogen) atoms. The number of hydrogen-bond acceptors (Lipinski definition) is 5. The molecule has 1 saturated carbocycles. The number of anilines is 2. The fourth-order valence-electron chi connectivity index (χ4n) is 4.54. The lowest BCUT2D eigenvalue weighted by Gasteiger charge is -2.38. The Hall–Kier alpha value is -3.86. The van der Waals surface area contributed by atoms with Gasteiger partial charge in [0.25, 0.3) is 0 Å². The Balaban J connectivity index is 1.47. The van der Waals surface area contributed by atoms with Gasteiger partial charge in [0.05, 0.1) is 11.8 Å². The van der Waals surface area contributed by atoms with Crippen molar-refractivity contribution in [1.29, 1.82) is 5.26 Å². The molecule has 0 bridgehead atoms. The predicted molar refractivity (Wildman–Crippen MR) is 143 cm³/mol. The predicted octanol–water partition coefficient (Wildman–Crippen LogP) is 5.34. The molecule has 1 aliphatic carbocycles. The Morgan fingerprint density at radius 1 is 1.08 bits per heavy atom. The molecule has 188 valence electrons. The molecule has 2 N–H and O–H groups in total. The van der Waals surface area contributed by atoms with Gasteiger partial charge in [0.15, 0.2) is 0 Å². The van der Waals surface area contributed by atoms with Crippen molar-refractivity contribution in [2.75, 3.05) is 16.8 Å². The van der Waals surface area contributed by atoms with Crippen LogP contribution in [0.1, 0.15) is 52.0 Å². The lowest BCUT2D eigenvalue weighted by molar-refractivity contribution is 0.235. The third-order valence-electron chi connectivity index (χ3n) is 6.48. The number of nitriles is 1. The summed E-state index contributed by atoms with van der Waals surface area (Å²) < 4.78 is 1.79. The monoisotopic (exact) mass is 485 g/mol. The van der Waals surface area contributed by atoms with Crippen molar-refractivity contribution >= 4 is 17.5 Å². The quantitative estimate of drug-likeness (QED) is 0.491. The minimum atomic E-state index is -0.0516. The summed E-state index contributed by atoms with van der Waals surface area (Å²) in [5.41, 5.74) is 3.58. The molecule has 8 heteroatoms. The number of hydrogen-bond donors (Lipinski definition) is 2. The van der Waals surface area contributed by atoms with Crippen molar-refractivity contribution in [1.82, 2.24) is 20.1 Å². The lowest BCUT2D eigenvalue weighted by atomic mass is 9.89. The summed E-state index contributed by atoms with van der Waals surface area (Å²) in [5, 5.41) is 19.9. The minimum absolute atomic E-state index is 0.00116. The molecule has 2 amide bonds. The lowest BCUT2D eigenvalue weighted by Crippen LogP contribution is -2.50. The van der Waals surface area contributed by atoms with E-state index in [1.807, 2.05) is 42.5 Å². The van der Waals surface area contributed by atoms with Crippen LogP contribution in [-0.2, 0) is 7.05 Å². The van der Waals surface area contributed by atoms with Gasteiger partial charge in [0.2, 0.25) is 0 Å². The second-order valence-corrected chi connectivity index (χ2v) is 10.7. The van der Waals surface area contributed by atoms with Gasteiger partial charge < -0.3 is 10.6 Å². The Bertz CT molecular complexity index is 1190. The van der Waals surface area contributed by atoms with E-state index in [9.17, 15) is 4.79 Å². The van der Waals surface area contributed by atoms with Crippen molar-refractivity contribution in [3.8, 4) is 17.2 Å². The molecule has 0 saturated heterocycles. The maximum atomic E-state index is 13.4. The smallest absolute Gasteiger partial charge is 0.322 e. The van der Waals surface area contributed by atoms with Crippen molar-refractivity contribution in [3.05, 3.63) is 60.6 Å². The number of nitrogens with zero attached hydrogens (tertiary/aromatic N) is 5. The molecule has 0 atom stereocenters. The zero-order chi connectivity index (χ0) is 25.7. The van der Waals surface area contributed by atoms with Crippen LogP contribution >= 0.6 is 0 Å². The van der Waals surface area contributed by atoms with E-state index in [1.165, 1.54) is 0 Å². The number of rotatable bonds is 6. The standard InChI is InChI=1S/C28H35N7O/c1-28(2,3)19-31-27(36)35(24-10-6-21(7-11-24)22-17-32-34(4)18-22)25-12-8-23(9-13-25)33-26-14-5-20(15-29)16-30-26/h5-7,10-11,14,16-18,23,25H,8-9,12-13,19H2,1-4H3,(H,30,33)(H,31,36)/t23-,25-. The van der Waals surface area contributed by atoms with Crippen LogP contribution in [-0.4, -0.2) is 39.4 Å². The van der Waals surface area contributed by atoms with E-state index in [2.05, 4.69) is 59.7 Å². The molecule has 0 aliphatic heterocycles. The van der Waals surface area contributed by atoms with Crippen LogP contribution in [0.5, 0.6) is 0 Å². The van der Waals surface area contributed by atoms with Gasteiger partial charge in [-0.25, -0.2) is 9.78 Å². The van der Waals surface area contributed by atoms with Gasteiger partial charge in [-0.1, -0.05) is 32.9 Å². The fraction of sp³-hybridized carbons (Fsp3) is 0.429. The maximum absolute atomic E-state index is 13.4. The van der Waals surface area contributed by atoms with Gasteiger partial charge >= 0.3 is 6.03 Å². The number of aromatic nitrogens is 3. The Labute approximate surface area is 213 Å². The Morgan fingerprint density at radius 3 is 2.36 bits per heavy atom. The Kier molecular flexibility index (Phi) is 7.58. The molecule has 0 spiro atoms. The van der Waals surface area contributed by atoms with E-state index in [4.69, 9.17) is 5.26 Å². The number of aryl methyl sites for hydroxylation is 1. The maximum Gasteiger partial charge on any atom is 0.322 e. The number of carbonyl (C=O) groups excluding carboxylic acids is 1. The van der Waals surface area contributed by atoms with E-state index in [0.29, 0.717) is 12.1 Å². The van der Waals surface area contributed by atoms with Gasteiger partial charge in [0, 0.05) is 49.3 Å². The average Bonchev–Trinajstić information content (AvgIpc) is 3.31. The topological polar surface area (TPSA) is 98.9 Å². The summed E-state index contributed by atoms with van der Waals surface area (Å²) in [4.78, 5) is 19.7. The van der Waals surface area contributed by atoms with Gasteiger partial charge in [-0.15, -0.1) is 0 Å². The first-order valence-electron chi connectivity index (χ1n) is 12.5. The van der Waals surface area contributed by atoms with Crippen LogP contribution in [0.3, 0.4) is 0 Å². The first kappa shape index (κ1) is 25.2. The molecule has 3 aromatic rings. The summed E-state index contributed by atoms with van der Waals surface area (Å²) in [6.45, 7) is 6.97. The normalized spacial score (nSPS) is 17.8. The van der Waals surface area contributed by atoms with Gasteiger partial charge in [-0.05, 0) is 60.9 Å². The number of benzene rings is 1. The summed E-state index contributed by atoms with van der Waals surface area (Å²) in [6.07, 6.45) is 9.07. The van der Waals surface area contributed by atoms with Gasteiger partial charge in [-0.3, -0.25) is 9.58 Å². The zero-order valence-corrected chi connectivity index (χ0v) is 21.5. The number of amides is 2. The second kappa shape index (κ2) is 10.8. The molecular weight excluding hydrogens is 450 g/mol. The SMILES string of the molecule is Cn1cc(-c2ccc(N(C(=O)NCC(C)(C)C)[C@H]3CC[C@H](Nc4ccc(C#N)cn4)CC3)cc2)cn1. The zero-order valence-electron chi connectivity index (χ0n) is 21.5. The molecule has 8 nitrogen and oxygen atoms in total. The van der Waals surface area contributed by atoms with Crippen LogP contribution in [0, 0.1) is 16.7 Å². The van der Waals surface area contributed by atoms with E-state index in [0.717, 1.165) is 48.3 Å². The molecule has 4 rings (SSSR count). The van der Waals surface area contributed by atoms with Crippen LogP contribution in [0.25, 0.3) is 11.1 Å². The largest absolute Gasteiger partial charge is 0.367 e. The second-order valence-electron chi connectivity index (χ2n) is 10.7. The molecule has 1 aliphatic rings.